The second-order valence-corrected chi connectivity index (χ2v) is 6.37. The molecule has 1 aromatic carbocycles. The summed E-state index contributed by atoms with van der Waals surface area (Å²) in [4.78, 5) is 10.9. The van der Waals surface area contributed by atoms with E-state index in [0.29, 0.717) is 23.4 Å². The van der Waals surface area contributed by atoms with Gasteiger partial charge < -0.3 is 15.2 Å². The normalized spacial score (nSPS) is 21.4. The number of hydrogen-bond acceptors (Lipinski definition) is 3. The van der Waals surface area contributed by atoms with E-state index in [0.717, 1.165) is 12.8 Å². The fourth-order valence-corrected chi connectivity index (χ4v) is 3.34. The van der Waals surface area contributed by atoms with E-state index < -0.39 is 12.6 Å². The number of nitrogens with one attached hydrogen (secondary N) is 1. The first-order chi connectivity index (χ1) is 10.9. The number of ether oxygens (including phenoxy) is 1. The van der Waals surface area contributed by atoms with Crippen LogP contribution in [-0.4, -0.2) is 23.7 Å². The van der Waals surface area contributed by atoms with Crippen LogP contribution in [0.3, 0.4) is 0 Å². The Morgan fingerprint density at radius 1 is 1.30 bits per heavy atom. The third-order valence-electron chi connectivity index (χ3n) is 3.95. The second-order valence-electron chi connectivity index (χ2n) is 5.52. The number of aliphatic carboxylic acids is 1. The highest BCUT2D eigenvalue weighted by molar-refractivity contribution is 6.35. The Balaban J connectivity index is 1.99. The number of halogens is 4. The summed E-state index contributed by atoms with van der Waals surface area (Å²) in [5.74, 6) is -1.15. The van der Waals surface area contributed by atoms with Gasteiger partial charge in [-0.2, -0.15) is 8.78 Å². The molecule has 0 atom stereocenters. The molecule has 0 spiro atoms. The van der Waals surface area contributed by atoms with Gasteiger partial charge in [-0.15, -0.1) is 0 Å². The molecule has 128 valence electrons. The molecule has 0 heterocycles. The van der Waals surface area contributed by atoms with Crippen molar-refractivity contribution < 1.29 is 23.4 Å². The van der Waals surface area contributed by atoms with E-state index in [1.54, 1.807) is 0 Å². The first kappa shape index (κ1) is 18.2. The van der Waals surface area contributed by atoms with Crippen molar-refractivity contribution in [3.63, 3.8) is 0 Å². The molecule has 2 N–H and O–H groups in total. The summed E-state index contributed by atoms with van der Waals surface area (Å²) in [6.07, 6.45) is 2.64. The molecule has 8 heteroatoms. The number of carboxylic acids is 1. The molecule has 1 aliphatic rings. The van der Waals surface area contributed by atoms with Crippen molar-refractivity contribution in [2.75, 3.05) is 0 Å². The highest BCUT2D eigenvalue weighted by Gasteiger charge is 2.26. The number of carboxylic acid groups (broad SMARTS) is 1. The lowest BCUT2D eigenvalue weighted by atomic mass is 9.86. The third-order valence-corrected chi connectivity index (χ3v) is 4.45. The van der Waals surface area contributed by atoms with Crippen LogP contribution < -0.4 is 10.1 Å². The monoisotopic (exact) mass is 367 g/mol. The van der Waals surface area contributed by atoms with E-state index in [9.17, 15) is 13.6 Å². The van der Waals surface area contributed by atoms with E-state index >= 15 is 0 Å². The predicted molar refractivity (Wildman–Crippen MR) is 83.3 cm³/mol. The van der Waals surface area contributed by atoms with E-state index in [-0.39, 0.29) is 29.3 Å². The number of benzene rings is 1. The Morgan fingerprint density at radius 3 is 2.52 bits per heavy atom. The lowest BCUT2D eigenvalue weighted by Gasteiger charge is -2.27. The fourth-order valence-electron chi connectivity index (χ4n) is 2.76. The summed E-state index contributed by atoms with van der Waals surface area (Å²) in [7, 11) is 0. The van der Waals surface area contributed by atoms with Crippen molar-refractivity contribution in [2.45, 2.75) is 44.9 Å². The van der Waals surface area contributed by atoms with Crippen LogP contribution in [0.25, 0.3) is 0 Å². The van der Waals surface area contributed by atoms with Crippen molar-refractivity contribution >= 4 is 29.2 Å². The van der Waals surface area contributed by atoms with Gasteiger partial charge in [0.1, 0.15) is 5.75 Å². The van der Waals surface area contributed by atoms with E-state index in [1.807, 2.05) is 0 Å². The molecule has 0 aliphatic heterocycles. The van der Waals surface area contributed by atoms with Gasteiger partial charge in [-0.3, -0.25) is 4.79 Å². The molecule has 4 nitrogen and oxygen atoms in total. The first-order valence-electron chi connectivity index (χ1n) is 7.25. The van der Waals surface area contributed by atoms with Gasteiger partial charge in [-0.05, 0) is 37.8 Å². The van der Waals surface area contributed by atoms with Gasteiger partial charge in [0.2, 0.25) is 0 Å². The number of alkyl halides is 2. The topological polar surface area (TPSA) is 58.6 Å². The third kappa shape index (κ3) is 5.19. The highest BCUT2D eigenvalue weighted by Crippen LogP contribution is 2.34. The fraction of sp³-hybridized carbons (Fsp3) is 0.533. The molecule has 1 aliphatic carbocycles. The zero-order valence-corrected chi connectivity index (χ0v) is 13.7. The van der Waals surface area contributed by atoms with E-state index in [1.165, 1.54) is 12.1 Å². The van der Waals surface area contributed by atoms with Gasteiger partial charge in [-0.25, -0.2) is 0 Å². The Labute approximate surface area is 142 Å². The summed E-state index contributed by atoms with van der Waals surface area (Å²) in [6.45, 7) is -2.71. The average Bonchev–Trinajstić information content (AvgIpc) is 2.48. The molecule has 0 amide bonds. The molecule has 0 saturated heterocycles. The zero-order valence-electron chi connectivity index (χ0n) is 12.2. The lowest BCUT2D eigenvalue weighted by molar-refractivity contribution is -0.142. The molecular formula is C15H17Cl2F2NO3. The van der Waals surface area contributed by atoms with Gasteiger partial charge in [0.05, 0.1) is 10.9 Å². The maximum absolute atomic E-state index is 12.5. The van der Waals surface area contributed by atoms with Gasteiger partial charge >= 0.3 is 12.6 Å². The van der Waals surface area contributed by atoms with Crippen LogP contribution in [0.5, 0.6) is 5.75 Å². The van der Waals surface area contributed by atoms with Gasteiger partial charge in [0, 0.05) is 23.2 Å². The van der Waals surface area contributed by atoms with Crippen LogP contribution in [-0.2, 0) is 11.3 Å². The molecule has 1 fully saturated rings. The van der Waals surface area contributed by atoms with Crippen molar-refractivity contribution in [2.24, 2.45) is 5.92 Å². The average molecular weight is 368 g/mol. The molecule has 1 saturated carbocycles. The number of hydrogen-bond donors (Lipinski definition) is 2. The summed E-state index contributed by atoms with van der Waals surface area (Å²) in [6, 6.07) is 3.01. The van der Waals surface area contributed by atoms with Gasteiger partial charge in [-0.1, -0.05) is 23.2 Å². The second kappa shape index (κ2) is 8.13. The van der Waals surface area contributed by atoms with Gasteiger partial charge in [0.25, 0.3) is 0 Å². The number of rotatable bonds is 6. The van der Waals surface area contributed by atoms with Crippen LogP contribution >= 0.6 is 23.2 Å². The first-order valence-corrected chi connectivity index (χ1v) is 8.01. The maximum atomic E-state index is 12.5. The minimum Gasteiger partial charge on any atom is -0.481 e. The summed E-state index contributed by atoms with van der Waals surface area (Å²) < 4.78 is 29.5. The highest BCUT2D eigenvalue weighted by atomic mass is 35.5. The SMILES string of the molecule is O=C(O)C1CCC(NCc2cc(Cl)cc(Cl)c2OC(F)F)CC1. The minimum atomic E-state index is -2.97. The molecule has 0 aromatic heterocycles. The smallest absolute Gasteiger partial charge is 0.387 e. The van der Waals surface area contributed by atoms with Gasteiger partial charge in [0.15, 0.2) is 0 Å². The van der Waals surface area contributed by atoms with Crippen LogP contribution in [0.4, 0.5) is 8.78 Å². The molecule has 23 heavy (non-hydrogen) atoms. The summed E-state index contributed by atoms with van der Waals surface area (Å²) in [5, 5.41) is 12.6. The van der Waals surface area contributed by atoms with Crippen LogP contribution in [0.2, 0.25) is 10.0 Å². The van der Waals surface area contributed by atoms with Crippen LogP contribution in [0, 0.1) is 5.92 Å². The molecule has 0 unspecified atom stereocenters. The van der Waals surface area contributed by atoms with Crippen molar-refractivity contribution in [1.29, 1.82) is 0 Å². The predicted octanol–water partition coefficient (Wildman–Crippen LogP) is 4.33. The van der Waals surface area contributed by atoms with Crippen molar-refractivity contribution in [3.8, 4) is 5.75 Å². The minimum absolute atomic E-state index is 0.0317. The quantitative estimate of drug-likeness (QED) is 0.785. The van der Waals surface area contributed by atoms with Crippen LogP contribution in [0.15, 0.2) is 12.1 Å². The Morgan fingerprint density at radius 2 is 1.96 bits per heavy atom. The summed E-state index contributed by atoms with van der Waals surface area (Å²) >= 11 is 11.8. The standard InChI is InChI=1S/C15H17Cl2F2NO3/c16-10-5-9(13(12(17)6-10)23-15(18)19)7-20-11-3-1-8(2-4-11)14(21)22/h5-6,8,11,15,20H,1-4,7H2,(H,21,22). The largest absolute Gasteiger partial charge is 0.481 e. The van der Waals surface area contributed by atoms with Crippen molar-refractivity contribution in [1.82, 2.24) is 5.32 Å². The van der Waals surface area contributed by atoms with Crippen LogP contribution in [0.1, 0.15) is 31.2 Å². The molecule has 0 bridgehead atoms. The summed E-state index contributed by atoms with van der Waals surface area (Å²) in [5.41, 5.74) is 0.447. The molecular weight excluding hydrogens is 351 g/mol. The number of carbonyl (C=O) groups is 1. The van der Waals surface area contributed by atoms with E-state index in [2.05, 4.69) is 10.1 Å². The lowest BCUT2D eigenvalue weighted by Crippen LogP contribution is -2.34. The van der Waals surface area contributed by atoms with Crippen molar-refractivity contribution in [3.05, 3.63) is 27.7 Å². The van der Waals surface area contributed by atoms with E-state index in [4.69, 9.17) is 28.3 Å². The molecule has 2 rings (SSSR count). The zero-order chi connectivity index (χ0) is 17.0. The Kier molecular flexibility index (Phi) is 6.44. The molecule has 1 aromatic rings. The molecule has 0 radical (unpaired) electrons. The Bertz CT molecular complexity index is 564. The maximum Gasteiger partial charge on any atom is 0.387 e. The Hall–Kier alpha value is -1.11.